The van der Waals surface area contributed by atoms with E-state index in [1.54, 1.807) is 0 Å². The van der Waals surface area contributed by atoms with Crippen LogP contribution in [0.25, 0.3) is 0 Å². The molecule has 3 heteroatoms. The molecule has 1 aromatic rings. The zero-order valence-electron chi connectivity index (χ0n) is 13.6. The molecule has 1 aromatic carbocycles. The fourth-order valence-corrected chi connectivity index (χ4v) is 4.07. The summed E-state index contributed by atoms with van der Waals surface area (Å²) in [5, 5.41) is 0. The third-order valence-corrected chi connectivity index (χ3v) is 5.47. The first-order chi connectivity index (χ1) is 10.6. The molecule has 3 unspecified atom stereocenters. The molecule has 0 saturated carbocycles. The molecule has 1 saturated heterocycles. The van der Waals surface area contributed by atoms with Crippen LogP contribution in [0.2, 0.25) is 0 Å². The van der Waals surface area contributed by atoms with Crippen molar-refractivity contribution in [1.29, 1.82) is 0 Å². The zero-order valence-corrected chi connectivity index (χ0v) is 13.6. The molecule has 0 spiro atoms. The molecule has 3 rings (SSSR count). The quantitative estimate of drug-likeness (QED) is 0.932. The number of rotatable bonds is 3. The van der Waals surface area contributed by atoms with Crippen LogP contribution in [0.1, 0.15) is 56.1 Å². The minimum atomic E-state index is 0.186. The van der Waals surface area contributed by atoms with E-state index in [4.69, 9.17) is 5.73 Å². The Morgan fingerprint density at radius 2 is 2.14 bits per heavy atom. The summed E-state index contributed by atoms with van der Waals surface area (Å²) in [6.45, 7) is 3.83. The van der Waals surface area contributed by atoms with Crippen molar-refractivity contribution in [2.24, 2.45) is 11.7 Å². The predicted octanol–water partition coefficient (Wildman–Crippen LogP) is 3.08. The van der Waals surface area contributed by atoms with Crippen LogP contribution in [-0.2, 0) is 11.2 Å². The van der Waals surface area contributed by atoms with Gasteiger partial charge in [0.15, 0.2) is 0 Å². The number of benzene rings is 1. The van der Waals surface area contributed by atoms with E-state index in [-0.39, 0.29) is 6.04 Å². The number of carbonyl (C=O) groups excluding carboxylic acids is 1. The lowest BCUT2D eigenvalue weighted by Crippen LogP contribution is -2.45. The molecular formula is C19H28N2O. The molecule has 2 aliphatic rings. The van der Waals surface area contributed by atoms with Crippen LogP contribution in [0.5, 0.6) is 0 Å². The maximum absolute atomic E-state index is 12.7. The monoisotopic (exact) mass is 300 g/mol. The molecule has 22 heavy (non-hydrogen) atoms. The van der Waals surface area contributed by atoms with Gasteiger partial charge in [0, 0.05) is 25.6 Å². The molecule has 2 N–H and O–H groups in total. The normalized spacial score (nSPS) is 26.4. The summed E-state index contributed by atoms with van der Waals surface area (Å²) in [5.41, 5.74) is 8.89. The van der Waals surface area contributed by atoms with Crippen molar-refractivity contribution >= 4 is 5.91 Å². The van der Waals surface area contributed by atoms with E-state index in [9.17, 15) is 4.79 Å². The Kier molecular flexibility index (Phi) is 4.82. The zero-order chi connectivity index (χ0) is 15.5. The number of nitrogens with two attached hydrogens (primary N) is 1. The number of likely N-dealkylation sites (tertiary alicyclic amines) is 1. The lowest BCUT2D eigenvalue weighted by atomic mass is 9.80. The average molecular weight is 300 g/mol. The number of aryl methyl sites for hydroxylation is 1. The second-order valence-electron chi connectivity index (χ2n) is 7.09. The van der Waals surface area contributed by atoms with E-state index in [0.717, 1.165) is 38.8 Å². The molecule has 1 heterocycles. The summed E-state index contributed by atoms with van der Waals surface area (Å²) in [7, 11) is 0. The molecular weight excluding hydrogens is 272 g/mol. The summed E-state index contributed by atoms with van der Waals surface area (Å²) in [6.07, 6.45) is 6.44. The van der Waals surface area contributed by atoms with Gasteiger partial charge < -0.3 is 10.6 Å². The van der Waals surface area contributed by atoms with E-state index in [1.807, 2.05) is 0 Å². The van der Waals surface area contributed by atoms with Crippen LogP contribution in [-0.4, -0.2) is 29.9 Å². The van der Waals surface area contributed by atoms with E-state index in [1.165, 1.54) is 17.5 Å². The highest BCUT2D eigenvalue weighted by molar-refractivity contribution is 5.77. The Balaban J connectivity index is 1.65. The number of hydrogen-bond acceptors (Lipinski definition) is 2. The van der Waals surface area contributed by atoms with Gasteiger partial charge >= 0.3 is 0 Å². The molecule has 3 atom stereocenters. The number of piperidine rings is 1. The Labute approximate surface area is 133 Å². The summed E-state index contributed by atoms with van der Waals surface area (Å²) in [6, 6.07) is 8.84. The molecule has 0 aromatic heterocycles. The van der Waals surface area contributed by atoms with Gasteiger partial charge in [-0.15, -0.1) is 0 Å². The highest BCUT2D eigenvalue weighted by Gasteiger charge is 2.29. The van der Waals surface area contributed by atoms with E-state index in [2.05, 4.69) is 36.1 Å². The summed E-state index contributed by atoms with van der Waals surface area (Å²) in [4.78, 5) is 14.8. The predicted molar refractivity (Wildman–Crippen MR) is 89.7 cm³/mol. The first-order valence-corrected chi connectivity index (χ1v) is 8.76. The standard InChI is InChI=1S/C19H28N2O/c1-14(20)17-9-5-11-21(13-17)19(22)12-16-8-4-7-15-6-2-3-10-18(15)16/h2-3,6,10,14,16-17H,4-5,7-9,11-13,20H2,1H3. The molecule has 1 amide bonds. The molecule has 3 nitrogen and oxygen atoms in total. The Morgan fingerprint density at radius 1 is 1.32 bits per heavy atom. The SMILES string of the molecule is CC(N)C1CCCN(C(=O)CC2CCCc3ccccc32)C1. The Morgan fingerprint density at radius 3 is 2.95 bits per heavy atom. The van der Waals surface area contributed by atoms with E-state index >= 15 is 0 Å². The highest BCUT2D eigenvalue weighted by Crippen LogP contribution is 2.34. The number of carbonyl (C=O) groups is 1. The van der Waals surface area contributed by atoms with Crippen molar-refractivity contribution in [3.63, 3.8) is 0 Å². The highest BCUT2D eigenvalue weighted by atomic mass is 16.2. The molecule has 0 radical (unpaired) electrons. The van der Waals surface area contributed by atoms with Crippen molar-refractivity contribution < 1.29 is 4.79 Å². The summed E-state index contributed by atoms with van der Waals surface area (Å²) >= 11 is 0. The molecule has 0 bridgehead atoms. The van der Waals surface area contributed by atoms with Crippen LogP contribution < -0.4 is 5.73 Å². The van der Waals surface area contributed by atoms with E-state index in [0.29, 0.717) is 24.2 Å². The van der Waals surface area contributed by atoms with Crippen molar-refractivity contribution in [3.05, 3.63) is 35.4 Å². The number of fused-ring (bicyclic) bond motifs is 1. The van der Waals surface area contributed by atoms with Gasteiger partial charge in [-0.05, 0) is 62.0 Å². The largest absolute Gasteiger partial charge is 0.342 e. The fourth-order valence-electron chi connectivity index (χ4n) is 4.07. The van der Waals surface area contributed by atoms with Crippen molar-refractivity contribution in [3.8, 4) is 0 Å². The maximum atomic E-state index is 12.7. The van der Waals surface area contributed by atoms with Crippen molar-refractivity contribution in [2.75, 3.05) is 13.1 Å². The third kappa shape index (κ3) is 3.35. The average Bonchev–Trinajstić information content (AvgIpc) is 2.55. The van der Waals surface area contributed by atoms with Gasteiger partial charge in [-0.2, -0.15) is 0 Å². The van der Waals surface area contributed by atoms with Gasteiger partial charge in [-0.3, -0.25) is 4.79 Å². The second-order valence-corrected chi connectivity index (χ2v) is 7.09. The van der Waals surface area contributed by atoms with Crippen LogP contribution in [0.15, 0.2) is 24.3 Å². The lowest BCUT2D eigenvalue weighted by Gasteiger charge is -2.36. The van der Waals surface area contributed by atoms with Gasteiger partial charge in [-0.1, -0.05) is 24.3 Å². The Hall–Kier alpha value is -1.35. The number of nitrogens with zero attached hydrogens (tertiary/aromatic N) is 1. The molecule has 1 aliphatic heterocycles. The smallest absolute Gasteiger partial charge is 0.223 e. The van der Waals surface area contributed by atoms with Gasteiger partial charge in [0.1, 0.15) is 0 Å². The summed E-state index contributed by atoms with van der Waals surface area (Å²) < 4.78 is 0. The van der Waals surface area contributed by atoms with Crippen LogP contribution in [0, 0.1) is 5.92 Å². The second kappa shape index (κ2) is 6.82. The molecule has 120 valence electrons. The van der Waals surface area contributed by atoms with Crippen LogP contribution in [0.4, 0.5) is 0 Å². The van der Waals surface area contributed by atoms with Crippen molar-refractivity contribution in [1.82, 2.24) is 4.90 Å². The van der Waals surface area contributed by atoms with Crippen LogP contribution >= 0.6 is 0 Å². The first kappa shape index (κ1) is 15.5. The van der Waals surface area contributed by atoms with E-state index < -0.39 is 0 Å². The number of amides is 1. The van der Waals surface area contributed by atoms with Crippen LogP contribution in [0.3, 0.4) is 0 Å². The van der Waals surface area contributed by atoms with Gasteiger partial charge in [0.05, 0.1) is 0 Å². The van der Waals surface area contributed by atoms with Gasteiger partial charge in [0.2, 0.25) is 5.91 Å². The third-order valence-electron chi connectivity index (χ3n) is 5.47. The van der Waals surface area contributed by atoms with Gasteiger partial charge in [-0.25, -0.2) is 0 Å². The molecule has 1 fully saturated rings. The maximum Gasteiger partial charge on any atom is 0.223 e. The minimum Gasteiger partial charge on any atom is -0.342 e. The minimum absolute atomic E-state index is 0.186. The fraction of sp³-hybridized carbons (Fsp3) is 0.632. The summed E-state index contributed by atoms with van der Waals surface area (Å²) in [5.74, 6) is 1.21. The topological polar surface area (TPSA) is 46.3 Å². The molecule has 1 aliphatic carbocycles. The van der Waals surface area contributed by atoms with Crippen molar-refractivity contribution in [2.45, 2.75) is 57.4 Å². The number of hydrogen-bond donors (Lipinski definition) is 1. The van der Waals surface area contributed by atoms with Gasteiger partial charge in [0.25, 0.3) is 0 Å². The first-order valence-electron chi connectivity index (χ1n) is 8.76. The lowest BCUT2D eigenvalue weighted by molar-refractivity contribution is -0.133. The Bertz CT molecular complexity index is 526.